The smallest absolute Gasteiger partial charge is 0.193 e. The summed E-state index contributed by atoms with van der Waals surface area (Å²) in [5.41, 5.74) is 15.0. The van der Waals surface area contributed by atoms with Crippen molar-refractivity contribution >= 4 is 40.4 Å². The van der Waals surface area contributed by atoms with E-state index >= 15 is 0 Å². The molecule has 1 unspecified atom stereocenters. The average molecular weight is 319 g/mol. The SMILES string of the molecule is CC1=NC(=S)NC(c2ccccc2)/C1=C(/C)NNC(N)=S. The predicted molar refractivity (Wildman–Crippen MR) is 93.8 cm³/mol. The van der Waals surface area contributed by atoms with Gasteiger partial charge in [0.1, 0.15) is 0 Å². The molecule has 0 spiro atoms. The highest BCUT2D eigenvalue weighted by Gasteiger charge is 2.26. The van der Waals surface area contributed by atoms with Gasteiger partial charge in [0.25, 0.3) is 0 Å². The molecule has 1 heterocycles. The van der Waals surface area contributed by atoms with E-state index in [1.54, 1.807) is 0 Å². The van der Waals surface area contributed by atoms with Crippen LogP contribution in [-0.2, 0) is 0 Å². The van der Waals surface area contributed by atoms with Gasteiger partial charge in [0, 0.05) is 17.0 Å². The van der Waals surface area contributed by atoms with Gasteiger partial charge in [0.2, 0.25) is 0 Å². The van der Waals surface area contributed by atoms with Gasteiger partial charge in [0.15, 0.2) is 10.2 Å². The largest absolute Gasteiger partial charge is 0.375 e. The second-order valence-corrected chi connectivity index (χ2v) is 5.47. The normalized spacial score (nSPS) is 20.2. The van der Waals surface area contributed by atoms with Gasteiger partial charge >= 0.3 is 0 Å². The van der Waals surface area contributed by atoms with Crippen molar-refractivity contribution in [2.24, 2.45) is 10.7 Å². The molecule has 1 aromatic carbocycles. The Hall–Kier alpha value is -1.99. The molecule has 1 aliphatic rings. The van der Waals surface area contributed by atoms with Crippen LogP contribution in [0.25, 0.3) is 0 Å². The third kappa shape index (κ3) is 3.77. The van der Waals surface area contributed by atoms with Crippen LogP contribution in [0.1, 0.15) is 25.5 Å². The van der Waals surface area contributed by atoms with Crippen LogP contribution in [-0.4, -0.2) is 15.9 Å². The summed E-state index contributed by atoms with van der Waals surface area (Å²) < 4.78 is 0. The Balaban J connectivity index is 2.41. The average Bonchev–Trinajstić information content (AvgIpc) is 2.45. The number of hydrogen-bond donors (Lipinski definition) is 4. The topological polar surface area (TPSA) is 74.5 Å². The van der Waals surface area contributed by atoms with Crippen LogP contribution in [0.4, 0.5) is 0 Å². The third-order valence-corrected chi connectivity index (χ3v) is 3.44. The first kappa shape index (κ1) is 15.4. The van der Waals surface area contributed by atoms with E-state index in [0.717, 1.165) is 22.5 Å². The lowest BCUT2D eigenvalue weighted by Crippen LogP contribution is -2.42. The lowest BCUT2D eigenvalue weighted by molar-refractivity contribution is 0.703. The van der Waals surface area contributed by atoms with E-state index in [-0.39, 0.29) is 11.2 Å². The molecule has 0 aromatic heterocycles. The number of benzene rings is 1. The molecular formula is C14H17N5S2. The molecule has 0 amide bonds. The van der Waals surface area contributed by atoms with E-state index in [4.69, 9.17) is 30.2 Å². The van der Waals surface area contributed by atoms with Crippen LogP contribution in [0.2, 0.25) is 0 Å². The highest BCUT2D eigenvalue weighted by molar-refractivity contribution is 7.80. The lowest BCUT2D eigenvalue weighted by atomic mass is 9.93. The summed E-state index contributed by atoms with van der Waals surface area (Å²) >= 11 is 10.0. The van der Waals surface area contributed by atoms with Gasteiger partial charge in [-0.25, -0.2) is 4.99 Å². The zero-order valence-electron chi connectivity index (χ0n) is 11.8. The van der Waals surface area contributed by atoms with Crippen LogP contribution >= 0.6 is 24.4 Å². The van der Waals surface area contributed by atoms with Crippen LogP contribution in [0.5, 0.6) is 0 Å². The van der Waals surface area contributed by atoms with E-state index in [1.807, 2.05) is 44.2 Å². The second-order valence-electron chi connectivity index (χ2n) is 4.64. The van der Waals surface area contributed by atoms with E-state index in [9.17, 15) is 0 Å². The number of hydrogen-bond acceptors (Lipinski definition) is 3. The van der Waals surface area contributed by atoms with Crippen molar-refractivity contribution in [2.75, 3.05) is 0 Å². The Morgan fingerprint density at radius 2 is 1.95 bits per heavy atom. The van der Waals surface area contributed by atoms with Gasteiger partial charge in [-0.1, -0.05) is 30.3 Å². The number of nitrogens with two attached hydrogens (primary N) is 1. The maximum atomic E-state index is 5.44. The second kappa shape index (κ2) is 6.64. The molecule has 0 aliphatic carbocycles. The standard InChI is InChI=1S/C14H17N5S2/c1-8-11(9(2)18-19-13(15)20)12(17-14(21)16-8)10-6-4-3-5-7-10/h3-7,12,18H,1-2H3,(H,17,21)(H3,15,19,20)/b11-9-. The number of thiocarbonyl (C=S) groups is 2. The van der Waals surface area contributed by atoms with Gasteiger partial charge in [-0.15, -0.1) is 0 Å². The minimum atomic E-state index is -0.0585. The Labute approximate surface area is 134 Å². The summed E-state index contributed by atoms with van der Waals surface area (Å²) in [5.74, 6) is 0. The zero-order chi connectivity index (χ0) is 15.4. The quantitative estimate of drug-likeness (QED) is 0.502. The molecule has 0 radical (unpaired) electrons. The molecule has 0 fully saturated rings. The van der Waals surface area contributed by atoms with E-state index in [2.05, 4.69) is 21.2 Å². The molecule has 110 valence electrons. The first-order valence-corrected chi connectivity index (χ1v) is 7.24. The van der Waals surface area contributed by atoms with Crippen molar-refractivity contribution in [3.8, 4) is 0 Å². The first-order valence-electron chi connectivity index (χ1n) is 6.42. The summed E-state index contributed by atoms with van der Waals surface area (Å²) in [5, 5.41) is 3.90. The number of hydrazine groups is 1. The van der Waals surface area contributed by atoms with Crippen molar-refractivity contribution in [1.29, 1.82) is 0 Å². The van der Waals surface area contributed by atoms with Crippen LogP contribution in [0.3, 0.4) is 0 Å². The summed E-state index contributed by atoms with van der Waals surface area (Å²) in [6.45, 7) is 3.87. The third-order valence-electron chi connectivity index (χ3n) is 3.13. The van der Waals surface area contributed by atoms with Crippen LogP contribution in [0, 0.1) is 0 Å². The molecule has 0 saturated carbocycles. The monoisotopic (exact) mass is 319 g/mol. The van der Waals surface area contributed by atoms with Crippen molar-refractivity contribution in [1.82, 2.24) is 16.2 Å². The van der Waals surface area contributed by atoms with Crippen LogP contribution < -0.4 is 21.9 Å². The summed E-state index contributed by atoms with van der Waals surface area (Å²) in [7, 11) is 0. The molecule has 1 aliphatic heterocycles. The number of allylic oxidation sites excluding steroid dienone is 1. The van der Waals surface area contributed by atoms with Crippen molar-refractivity contribution in [3.63, 3.8) is 0 Å². The van der Waals surface area contributed by atoms with E-state index < -0.39 is 0 Å². The fraction of sp³-hybridized carbons (Fsp3) is 0.214. The molecule has 5 N–H and O–H groups in total. The fourth-order valence-corrected chi connectivity index (χ4v) is 2.56. The minimum absolute atomic E-state index is 0.0585. The number of aliphatic imine (C=N–C) groups is 1. The number of nitrogens with one attached hydrogen (secondary N) is 3. The van der Waals surface area contributed by atoms with Gasteiger partial charge in [-0.05, 0) is 43.8 Å². The molecule has 7 heteroatoms. The molecular weight excluding hydrogens is 302 g/mol. The van der Waals surface area contributed by atoms with Gasteiger partial charge in [-0.3, -0.25) is 5.43 Å². The molecule has 2 rings (SSSR count). The summed E-state index contributed by atoms with van der Waals surface area (Å²) in [6, 6.07) is 10.0. The van der Waals surface area contributed by atoms with E-state index in [0.29, 0.717) is 5.11 Å². The van der Waals surface area contributed by atoms with Crippen molar-refractivity contribution in [2.45, 2.75) is 19.9 Å². The van der Waals surface area contributed by atoms with Gasteiger partial charge < -0.3 is 16.5 Å². The van der Waals surface area contributed by atoms with E-state index in [1.165, 1.54) is 0 Å². The highest BCUT2D eigenvalue weighted by Crippen LogP contribution is 2.27. The Morgan fingerprint density at radius 1 is 1.29 bits per heavy atom. The summed E-state index contributed by atoms with van der Waals surface area (Å²) in [4.78, 5) is 4.34. The molecule has 5 nitrogen and oxygen atoms in total. The Morgan fingerprint density at radius 3 is 2.57 bits per heavy atom. The highest BCUT2D eigenvalue weighted by atomic mass is 32.1. The van der Waals surface area contributed by atoms with Gasteiger partial charge in [0.05, 0.1) is 6.04 Å². The van der Waals surface area contributed by atoms with Crippen molar-refractivity contribution < 1.29 is 0 Å². The number of rotatable bonds is 3. The van der Waals surface area contributed by atoms with Crippen LogP contribution in [0.15, 0.2) is 46.6 Å². The Kier molecular flexibility index (Phi) is 4.87. The molecule has 0 bridgehead atoms. The maximum absolute atomic E-state index is 5.44. The molecule has 1 aromatic rings. The first-order chi connectivity index (χ1) is 9.99. The van der Waals surface area contributed by atoms with Crippen molar-refractivity contribution in [3.05, 3.63) is 47.2 Å². The van der Waals surface area contributed by atoms with Gasteiger partial charge in [-0.2, -0.15) is 0 Å². The Bertz CT molecular complexity index is 622. The molecule has 21 heavy (non-hydrogen) atoms. The molecule has 1 atom stereocenters. The summed E-state index contributed by atoms with van der Waals surface area (Å²) in [6.07, 6.45) is 0. The number of nitrogens with zero attached hydrogens (tertiary/aromatic N) is 1. The predicted octanol–water partition coefficient (Wildman–Crippen LogP) is 1.69. The minimum Gasteiger partial charge on any atom is -0.375 e. The fourth-order valence-electron chi connectivity index (χ4n) is 2.26. The maximum Gasteiger partial charge on any atom is 0.193 e. The molecule has 0 saturated heterocycles. The lowest BCUT2D eigenvalue weighted by Gasteiger charge is -2.29. The zero-order valence-corrected chi connectivity index (χ0v) is 13.4.